The molecule has 18 heavy (non-hydrogen) atoms. The first kappa shape index (κ1) is 13.3. The number of aromatic nitrogens is 1. The van der Waals surface area contributed by atoms with Gasteiger partial charge in [0.15, 0.2) is 5.13 Å². The molecule has 5 nitrogen and oxygen atoms in total. The van der Waals surface area contributed by atoms with Crippen LogP contribution in [0.4, 0.5) is 5.13 Å². The summed E-state index contributed by atoms with van der Waals surface area (Å²) < 4.78 is 5.48. The fourth-order valence-corrected chi connectivity index (χ4v) is 2.90. The quantitative estimate of drug-likeness (QED) is 0.857. The third-order valence-corrected chi connectivity index (χ3v) is 3.80. The zero-order valence-electron chi connectivity index (χ0n) is 10.4. The van der Waals surface area contributed by atoms with E-state index in [2.05, 4.69) is 17.2 Å². The standard InChI is InChI=1S/C12H18N2O3S/c1-12(5-2-6-17-8-12)14-11-13-9(7-18-11)3-4-10(15)16/h7H,2-6,8H2,1H3,(H,13,14)(H,15,16). The summed E-state index contributed by atoms with van der Waals surface area (Å²) in [5.41, 5.74) is 0.783. The van der Waals surface area contributed by atoms with Crippen LogP contribution in [-0.2, 0) is 16.0 Å². The number of rotatable bonds is 5. The molecule has 0 saturated carbocycles. The summed E-state index contributed by atoms with van der Waals surface area (Å²) in [5.74, 6) is -0.787. The highest BCUT2D eigenvalue weighted by Gasteiger charge is 2.28. The van der Waals surface area contributed by atoms with E-state index in [1.165, 1.54) is 11.3 Å². The first-order valence-electron chi connectivity index (χ1n) is 6.10. The first-order chi connectivity index (χ1) is 8.57. The van der Waals surface area contributed by atoms with Crippen LogP contribution >= 0.6 is 11.3 Å². The van der Waals surface area contributed by atoms with Gasteiger partial charge in [0.2, 0.25) is 0 Å². The molecule has 100 valence electrons. The number of thiazole rings is 1. The number of carboxylic acid groups (broad SMARTS) is 1. The molecule has 2 heterocycles. The number of aryl methyl sites for hydroxylation is 1. The predicted octanol–water partition coefficient (Wildman–Crippen LogP) is 2.14. The number of ether oxygens (including phenoxy) is 1. The summed E-state index contributed by atoms with van der Waals surface area (Å²) in [6, 6.07) is 0. The summed E-state index contributed by atoms with van der Waals surface area (Å²) in [7, 11) is 0. The summed E-state index contributed by atoms with van der Waals surface area (Å²) >= 11 is 1.52. The average Bonchev–Trinajstić information content (AvgIpc) is 2.74. The van der Waals surface area contributed by atoms with E-state index in [-0.39, 0.29) is 12.0 Å². The van der Waals surface area contributed by atoms with Gasteiger partial charge in [0.25, 0.3) is 0 Å². The van der Waals surface area contributed by atoms with Gasteiger partial charge in [-0.25, -0.2) is 4.98 Å². The number of carboxylic acids is 1. The van der Waals surface area contributed by atoms with Crippen LogP contribution < -0.4 is 5.32 Å². The van der Waals surface area contributed by atoms with Crippen molar-refractivity contribution >= 4 is 22.4 Å². The molecule has 0 aliphatic carbocycles. The van der Waals surface area contributed by atoms with E-state index in [9.17, 15) is 4.79 Å². The Morgan fingerprint density at radius 2 is 2.56 bits per heavy atom. The molecule has 6 heteroatoms. The molecule has 1 unspecified atom stereocenters. The molecule has 2 rings (SSSR count). The van der Waals surface area contributed by atoms with Crippen LogP contribution in [0.2, 0.25) is 0 Å². The maximum absolute atomic E-state index is 10.5. The fourth-order valence-electron chi connectivity index (χ4n) is 2.00. The van der Waals surface area contributed by atoms with E-state index in [0.29, 0.717) is 13.0 Å². The van der Waals surface area contributed by atoms with E-state index in [4.69, 9.17) is 9.84 Å². The maximum Gasteiger partial charge on any atom is 0.303 e. The summed E-state index contributed by atoms with van der Waals surface area (Å²) in [6.45, 7) is 3.65. The third-order valence-electron chi connectivity index (χ3n) is 2.99. The normalized spacial score (nSPS) is 23.8. The minimum atomic E-state index is -0.787. The molecule has 1 saturated heterocycles. The Labute approximate surface area is 110 Å². The number of nitrogens with one attached hydrogen (secondary N) is 1. The molecule has 1 aliphatic rings. The van der Waals surface area contributed by atoms with E-state index in [0.717, 1.165) is 30.3 Å². The molecule has 1 aromatic heterocycles. The second-order valence-electron chi connectivity index (χ2n) is 4.88. The second-order valence-corrected chi connectivity index (χ2v) is 5.74. The molecule has 1 atom stereocenters. The molecule has 1 aromatic rings. The second kappa shape index (κ2) is 5.67. The van der Waals surface area contributed by atoms with Gasteiger partial charge in [-0.2, -0.15) is 0 Å². The Morgan fingerprint density at radius 3 is 3.22 bits per heavy atom. The number of nitrogens with zero attached hydrogens (tertiary/aromatic N) is 1. The molecule has 2 N–H and O–H groups in total. The van der Waals surface area contributed by atoms with Crippen LogP contribution in [0.3, 0.4) is 0 Å². The highest BCUT2D eigenvalue weighted by Crippen LogP contribution is 2.26. The smallest absolute Gasteiger partial charge is 0.303 e. The zero-order chi connectivity index (χ0) is 13.0. The lowest BCUT2D eigenvalue weighted by molar-refractivity contribution is -0.136. The van der Waals surface area contributed by atoms with Crippen LogP contribution in [0.1, 0.15) is 31.9 Å². The highest BCUT2D eigenvalue weighted by molar-refractivity contribution is 7.13. The third kappa shape index (κ3) is 3.68. The van der Waals surface area contributed by atoms with E-state index in [1.54, 1.807) is 0 Å². The summed E-state index contributed by atoms with van der Waals surface area (Å²) in [6.07, 6.45) is 2.74. The number of anilines is 1. The number of carbonyl (C=O) groups is 1. The lowest BCUT2D eigenvalue weighted by Crippen LogP contribution is -2.42. The summed E-state index contributed by atoms with van der Waals surface area (Å²) in [5, 5.41) is 14.8. The lowest BCUT2D eigenvalue weighted by Gasteiger charge is -2.34. The number of hydrogen-bond acceptors (Lipinski definition) is 5. The van der Waals surface area contributed by atoms with Crippen molar-refractivity contribution in [1.29, 1.82) is 0 Å². The van der Waals surface area contributed by atoms with Gasteiger partial charge in [-0.15, -0.1) is 11.3 Å². The van der Waals surface area contributed by atoms with Crippen LogP contribution in [0.5, 0.6) is 0 Å². The molecule has 0 amide bonds. The molecular weight excluding hydrogens is 252 g/mol. The number of aliphatic carboxylic acids is 1. The average molecular weight is 270 g/mol. The largest absolute Gasteiger partial charge is 0.481 e. The maximum atomic E-state index is 10.5. The van der Waals surface area contributed by atoms with Crippen LogP contribution in [0, 0.1) is 0 Å². The van der Waals surface area contributed by atoms with Gasteiger partial charge in [-0.3, -0.25) is 4.79 Å². The molecule has 1 fully saturated rings. The highest BCUT2D eigenvalue weighted by atomic mass is 32.1. The van der Waals surface area contributed by atoms with Crippen molar-refractivity contribution in [3.8, 4) is 0 Å². The monoisotopic (exact) mass is 270 g/mol. The first-order valence-corrected chi connectivity index (χ1v) is 6.97. The van der Waals surface area contributed by atoms with E-state index in [1.807, 2.05) is 5.38 Å². The van der Waals surface area contributed by atoms with Crippen molar-refractivity contribution in [2.45, 2.75) is 38.1 Å². The Hall–Kier alpha value is -1.14. The predicted molar refractivity (Wildman–Crippen MR) is 70.2 cm³/mol. The van der Waals surface area contributed by atoms with Crippen molar-refractivity contribution < 1.29 is 14.6 Å². The molecular formula is C12H18N2O3S. The van der Waals surface area contributed by atoms with Crippen LogP contribution in [0.15, 0.2) is 5.38 Å². The van der Waals surface area contributed by atoms with E-state index >= 15 is 0 Å². The Morgan fingerprint density at radius 1 is 1.72 bits per heavy atom. The van der Waals surface area contributed by atoms with Gasteiger partial charge in [0.05, 0.1) is 24.3 Å². The minimum absolute atomic E-state index is 0.0554. The molecule has 0 aromatic carbocycles. The molecule has 0 radical (unpaired) electrons. The fraction of sp³-hybridized carbons (Fsp3) is 0.667. The Bertz CT molecular complexity index is 413. The molecule has 0 spiro atoms. The number of hydrogen-bond donors (Lipinski definition) is 2. The van der Waals surface area contributed by atoms with Crippen molar-refractivity contribution in [1.82, 2.24) is 4.98 Å². The Balaban J connectivity index is 1.91. The van der Waals surface area contributed by atoms with Gasteiger partial charge in [-0.1, -0.05) is 0 Å². The van der Waals surface area contributed by atoms with Gasteiger partial charge in [0, 0.05) is 18.4 Å². The van der Waals surface area contributed by atoms with Crippen molar-refractivity contribution in [2.24, 2.45) is 0 Å². The van der Waals surface area contributed by atoms with Crippen LogP contribution in [0.25, 0.3) is 0 Å². The molecule has 1 aliphatic heterocycles. The lowest BCUT2D eigenvalue weighted by atomic mass is 9.95. The summed E-state index contributed by atoms with van der Waals surface area (Å²) in [4.78, 5) is 14.9. The van der Waals surface area contributed by atoms with Gasteiger partial charge in [0.1, 0.15) is 0 Å². The topological polar surface area (TPSA) is 71.5 Å². The molecule has 0 bridgehead atoms. The van der Waals surface area contributed by atoms with Gasteiger partial charge in [-0.05, 0) is 19.8 Å². The Kier molecular flexibility index (Phi) is 4.19. The minimum Gasteiger partial charge on any atom is -0.481 e. The van der Waals surface area contributed by atoms with Crippen molar-refractivity contribution in [2.75, 3.05) is 18.5 Å². The van der Waals surface area contributed by atoms with E-state index < -0.39 is 5.97 Å². The van der Waals surface area contributed by atoms with Gasteiger partial charge < -0.3 is 15.2 Å². The van der Waals surface area contributed by atoms with Crippen molar-refractivity contribution in [3.05, 3.63) is 11.1 Å². The van der Waals surface area contributed by atoms with Gasteiger partial charge >= 0.3 is 5.97 Å². The van der Waals surface area contributed by atoms with Crippen molar-refractivity contribution in [3.63, 3.8) is 0 Å². The van der Waals surface area contributed by atoms with Crippen LogP contribution in [-0.4, -0.2) is 34.8 Å². The zero-order valence-corrected chi connectivity index (χ0v) is 11.3. The SMILES string of the molecule is CC1(Nc2nc(CCC(=O)O)cs2)CCCOC1.